The zero-order valence-electron chi connectivity index (χ0n) is 12.9. The molecule has 112 valence electrons. The van der Waals surface area contributed by atoms with Gasteiger partial charge in [0.15, 0.2) is 0 Å². The molecule has 0 radical (unpaired) electrons. The van der Waals surface area contributed by atoms with Gasteiger partial charge in [-0.25, -0.2) is 0 Å². The third-order valence-corrected chi connectivity index (χ3v) is 3.49. The molecule has 2 unspecified atom stereocenters. The second kappa shape index (κ2) is 9.54. The number of carbonyl (C=O) groups is 1. The third kappa shape index (κ3) is 5.74. The molecule has 0 spiro atoms. The first-order chi connectivity index (χ1) is 9.69. The van der Waals surface area contributed by atoms with Gasteiger partial charge in [0, 0.05) is 0 Å². The van der Waals surface area contributed by atoms with E-state index in [9.17, 15) is 4.79 Å². The normalized spacial score (nSPS) is 13.8. The van der Waals surface area contributed by atoms with Gasteiger partial charge in [-0.1, -0.05) is 50.6 Å². The quantitative estimate of drug-likeness (QED) is 0.702. The monoisotopic (exact) mass is 277 g/mol. The van der Waals surface area contributed by atoms with Gasteiger partial charge < -0.3 is 10.1 Å². The van der Waals surface area contributed by atoms with Crippen molar-refractivity contribution in [1.29, 1.82) is 0 Å². The summed E-state index contributed by atoms with van der Waals surface area (Å²) in [6.07, 6.45) is 2.83. The fourth-order valence-corrected chi connectivity index (χ4v) is 2.26. The lowest BCUT2D eigenvalue weighted by molar-refractivity contribution is -0.145. The predicted molar refractivity (Wildman–Crippen MR) is 82.8 cm³/mol. The molecule has 0 aromatic heterocycles. The Kier molecular flexibility index (Phi) is 7.97. The molecule has 1 N–H and O–H groups in total. The summed E-state index contributed by atoms with van der Waals surface area (Å²) in [5.74, 6) is 0.370. The lowest BCUT2D eigenvalue weighted by atomic mass is 9.98. The van der Waals surface area contributed by atoms with Crippen molar-refractivity contribution in [1.82, 2.24) is 5.32 Å². The first kappa shape index (κ1) is 16.7. The fourth-order valence-electron chi connectivity index (χ4n) is 2.26. The van der Waals surface area contributed by atoms with E-state index in [0.29, 0.717) is 12.5 Å². The molecule has 1 aromatic rings. The lowest BCUT2D eigenvalue weighted by Gasteiger charge is -2.18. The molecule has 0 heterocycles. The molecule has 1 aromatic carbocycles. The summed E-state index contributed by atoms with van der Waals surface area (Å²) >= 11 is 0. The van der Waals surface area contributed by atoms with Gasteiger partial charge in [-0.05, 0) is 37.8 Å². The van der Waals surface area contributed by atoms with E-state index in [-0.39, 0.29) is 12.0 Å². The molecule has 3 heteroatoms. The SMILES string of the molecule is CCCC(NCCC(C)c1ccccc1)C(=O)OCC. The third-order valence-electron chi connectivity index (χ3n) is 3.49. The maximum Gasteiger partial charge on any atom is 0.323 e. The van der Waals surface area contributed by atoms with Gasteiger partial charge >= 0.3 is 5.97 Å². The molecule has 0 aliphatic heterocycles. The standard InChI is InChI=1S/C17H27NO2/c1-4-9-16(17(19)20-5-2)18-13-12-14(3)15-10-7-6-8-11-15/h6-8,10-11,14,16,18H,4-5,9,12-13H2,1-3H3. The summed E-state index contributed by atoms with van der Waals surface area (Å²) < 4.78 is 5.10. The fraction of sp³-hybridized carbons (Fsp3) is 0.588. The highest BCUT2D eigenvalue weighted by atomic mass is 16.5. The number of ether oxygens (including phenoxy) is 1. The second-order valence-corrected chi connectivity index (χ2v) is 5.15. The van der Waals surface area contributed by atoms with Crippen molar-refractivity contribution in [3.05, 3.63) is 35.9 Å². The van der Waals surface area contributed by atoms with Crippen LogP contribution in [0.1, 0.15) is 51.5 Å². The van der Waals surface area contributed by atoms with Gasteiger partial charge in [0.25, 0.3) is 0 Å². The minimum Gasteiger partial charge on any atom is -0.465 e. The Hall–Kier alpha value is -1.35. The highest BCUT2D eigenvalue weighted by Gasteiger charge is 2.18. The van der Waals surface area contributed by atoms with Crippen molar-refractivity contribution >= 4 is 5.97 Å². The maximum absolute atomic E-state index is 11.8. The summed E-state index contributed by atoms with van der Waals surface area (Å²) in [6, 6.07) is 10.3. The van der Waals surface area contributed by atoms with E-state index in [1.54, 1.807) is 0 Å². The van der Waals surface area contributed by atoms with E-state index in [4.69, 9.17) is 4.74 Å². The number of hydrogen-bond acceptors (Lipinski definition) is 3. The average molecular weight is 277 g/mol. The van der Waals surface area contributed by atoms with Crippen molar-refractivity contribution in [3.63, 3.8) is 0 Å². The van der Waals surface area contributed by atoms with Crippen LogP contribution in [0.25, 0.3) is 0 Å². The number of hydrogen-bond donors (Lipinski definition) is 1. The van der Waals surface area contributed by atoms with Gasteiger partial charge in [-0.15, -0.1) is 0 Å². The zero-order valence-corrected chi connectivity index (χ0v) is 12.9. The summed E-state index contributed by atoms with van der Waals surface area (Å²) in [4.78, 5) is 11.8. The second-order valence-electron chi connectivity index (χ2n) is 5.15. The highest BCUT2D eigenvalue weighted by Crippen LogP contribution is 2.17. The Morgan fingerprint density at radius 2 is 1.90 bits per heavy atom. The number of rotatable bonds is 9. The Morgan fingerprint density at radius 1 is 1.20 bits per heavy atom. The summed E-state index contributed by atoms with van der Waals surface area (Å²) in [5.41, 5.74) is 1.34. The summed E-state index contributed by atoms with van der Waals surface area (Å²) in [7, 11) is 0. The van der Waals surface area contributed by atoms with Crippen LogP contribution in [0.3, 0.4) is 0 Å². The zero-order chi connectivity index (χ0) is 14.8. The minimum absolute atomic E-state index is 0.123. The Bertz CT molecular complexity index is 378. The Morgan fingerprint density at radius 3 is 2.50 bits per heavy atom. The van der Waals surface area contributed by atoms with Crippen molar-refractivity contribution in [2.45, 2.75) is 52.0 Å². The van der Waals surface area contributed by atoms with Crippen molar-refractivity contribution in [2.24, 2.45) is 0 Å². The number of esters is 1. The highest BCUT2D eigenvalue weighted by molar-refractivity contribution is 5.75. The smallest absolute Gasteiger partial charge is 0.323 e. The lowest BCUT2D eigenvalue weighted by Crippen LogP contribution is -2.38. The van der Waals surface area contributed by atoms with E-state index < -0.39 is 0 Å². The molecule has 0 bridgehead atoms. The van der Waals surface area contributed by atoms with Crippen LogP contribution in [0.15, 0.2) is 30.3 Å². The molecule has 0 aliphatic rings. The average Bonchev–Trinajstić information content (AvgIpc) is 2.47. The molecule has 3 nitrogen and oxygen atoms in total. The van der Waals surface area contributed by atoms with Gasteiger partial charge in [0.2, 0.25) is 0 Å². The number of carbonyl (C=O) groups excluding carboxylic acids is 1. The van der Waals surface area contributed by atoms with Crippen molar-refractivity contribution in [2.75, 3.05) is 13.2 Å². The van der Waals surface area contributed by atoms with Crippen LogP contribution in [-0.2, 0) is 9.53 Å². The van der Waals surface area contributed by atoms with Crippen LogP contribution in [0.4, 0.5) is 0 Å². The van der Waals surface area contributed by atoms with Crippen molar-refractivity contribution < 1.29 is 9.53 Å². The number of nitrogens with one attached hydrogen (secondary N) is 1. The van der Waals surface area contributed by atoms with Crippen molar-refractivity contribution in [3.8, 4) is 0 Å². The topological polar surface area (TPSA) is 38.3 Å². The molecule has 0 aliphatic carbocycles. The molecule has 2 atom stereocenters. The van der Waals surface area contributed by atoms with Crippen LogP contribution in [0.2, 0.25) is 0 Å². The summed E-state index contributed by atoms with van der Waals surface area (Å²) in [6.45, 7) is 7.43. The van der Waals surface area contributed by atoms with Crippen LogP contribution in [0.5, 0.6) is 0 Å². The first-order valence-corrected chi connectivity index (χ1v) is 7.64. The van der Waals surface area contributed by atoms with E-state index in [0.717, 1.165) is 25.8 Å². The first-order valence-electron chi connectivity index (χ1n) is 7.64. The molecule has 0 fully saturated rings. The molecular formula is C17H27NO2. The van der Waals surface area contributed by atoms with Crippen LogP contribution in [-0.4, -0.2) is 25.2 Å². The molecule has 0 saturated carbocycles. The van der Waals surface area contributed by atoms with Gasteiger partial charge in [-0.3, -0.25) is 4.79 Å². The van der Waals surface area contributed by atoms with Crippen LogP contribution < -0.4 is 5.32 Å². The van der Waals surface area contributed by atoms with Gasteiger partial charge in [-0.2, -0.15) is 0 Å². The molecule has 0 saturated heterocycles. The molecule has 0 amide bonds. The van der Waals surface area contributed by atoms with E-state index >= 15 is 0 Å². The largest absolute Gasteiger partial charge is 0.465 e. The van der Waals surface area contributed by atoms with E-state index in [1.165, 1.54) is 5.56 Å². The molecule has 20 heavy (non-hydrogen) atoms. The maximum atomic E-state index is 11.8. The predicted octanol–water partition coefficient (Wildman–Crippen LogP) is 3.50. The minimum atomic E-state index is -0.164. The van der Waals surface area contributed by atoms with Gasteiger partial charge in [0.1, 0.15) is 6.04 Å². The Labute approximate surface area is 122 Å². The number of benzene rings is 1. The van der Waals surface area contributed by atoms with E-state index in [2.05, 4.69) is 43.4 Å². The van der Waals surface area contributed by atoms with Crippen LogP contribution >= 0.6 is 0 Å². The molecular weight excluding hydrogens is 250 g/mol. The molecule has 1 rings (SSSR count). The Balaban J connectivity index is 2.38. The van der Waals surface area contributed by atoms with Gasteiger partial charge in [0.05, 0.1) is 6.61 Å². The van der Waals surface area contributed by atoms with Crippen LogP contribution in [0, 0.1) is 0 Å². The van der Waals surface area contributed by atoms with E-state index in [1.807, 2.05) is 13.0 Å². The summed E-state index contributed by atoms with van der Waals surface area (Å²) in [5, 5.41) is 3.33.